The molecule has 0 unspecified atom stereocenters. The molecule has 0 aliphatic carbocycles. The maximum Gasteiger partial charge on any atom is 0.346 e. The summed E-state index contributed by atoms with van der Waals surface area (Å²) in [6.07, 6.45) is 1.58. The maximum absolute atomic E-state index is 11.9. The van der Waals surface area contributed by atoms with Crippen LogP contribution in [0.5, 0.6) is 11.5 Å². The first kappa shape index (κ1) is 20.2. The molecule has 31 heavy (non-hydrogen) atoms. The predicted octanol–water partition coefficient (Wildman–Crippen LogP) is 4.19. The first-order chi connectivity index (χ1) is 15.2. The van der Waals surface area contributed by atoms with Crippen LogP contribution in [0.25, 0.3) is 0 Å². The van der Waals surface area contributed by atoms with Crippen molar-refractivity contribution in [1.29, 1.82) is 0 Å². The molecule has 0 saturated heterocycles. The van der Waals surface area contributed by atoms with Crippen LogP contribution in [0.1, 0.15) is 16.7 Å². The topological polar surface area (TPSA) is 76.2 Å². The molecule has 6 heteroatoms. The summed E-state index contributed by atoms with van der Waals surface area (Å²) in [6, 6.07) is 27.5. The fraction of sp³-hybridized carbons (Fsp3) is 0.120. The molecule has 0 amide bonds. The molecule has 1 heterocycles. The van der Waals surface area contributed by atoms with E-state index < -0.39 is 11.2 Å². The Morgan fingerprint density at radius 1 is 0.742 bits per heavy atom. The predicted molar refractivity (Wildman–Crippen MR) is 121 cm³/mol. The van der Waals surface area contributed by atoms with Crippen LogP contribution >= 0.6 is 0 Å². The lowest BCUT2D eigenvalue weighted by molar-refractivity contribution is 0.414. The summed E-state index contributed by atoms with van der Waals surface area (Å²) in [4.78, 5) is 18.6. The molecule has 0 saturated carbocycles. The average Bonchev–Trinajstić information content (AvgIpc) is 2.83. The Bertz CT molecular complexity index is 1140. The molecule has 0 fully saturated rings. The molecule has 0 aliphatic heterocycles. The standard InChI is InChI=1S/C25H23N3O3/c1-30-21-12-8-19(9-13-21)25(18-6-4-3-5-7-18,20-10-14-22(31-2)15-11-20)28-23-16-17-26-24(29)27-23/h3-17H,1-2H3,(H2,26,27,28,29). The second-order valence-electron chi connectivity index (χ2n) is 6.98. The minimum Gasteiger partial charge on any atom is -0.497 e. The number of methoxy groups -OCH3 is 2. The first-order valence-electron chi connectivity index (χ1n) is 9.84. The zero-order valence-electron chi connectivity index (χ0n) is 17.3. The van der Waals surface area contributed by atoms with Gasteiger partial charge in [0.25, 0.3) is 0 Å². The largest absolute Gasteiger partial charge is 0.497 e. The Morgan fingerprint density at radius 2 is 1.26 bits per heavy atom. The SMILES string of the molecule is COc1ccc(C(Nc2cc[nH]c(=O)n2)(c2ccccc2)c2ccc(OC)cc2)cc1. The van der Waals surface area contributed by atoms with Gasteiger partial charge in [0.05, 0.1) is 14.2 Å². The summed E-state index contributed by atoms with van der Waals surface area (Å²) in [5.74, 6) is 1.98. The van der Waals surface area contributed by atoms with E-state index in [0.717, 1.165) is 28.2 Å². The van der Waals surface area contributed by atoms with Crippen LogP contribution in [-0.4, -0.2) is 24.2 Å². The van der Waals surface area contributed by atoms with E-state index in [1.54, 1.807) is 26.5 Å². The highest BCUT2D eigenvalue weighted by Gasteiger charge is 2.37. The molecule has 0 atom stereocenters. The van der Waals surface area contributed by atoms with Crippen molar-refractivity contribution in [2.24, 2.45) is 0 Å². The third-order valence-electron chi connectivity index (χ3n) is 5.24. The van der Waals surface area contributed by atoms with Crippen LogP contribution in [0.4, 0.5) is 5.82 Å². The Morgan fingerprint density at radius 3 is 1.74 bits per heavy atom. The van der Waals surface area contributed by atoms with Gasteiger partial charge in [0.1, 0.15) is 22.9 Å². The van der Waals surface area contributed by atoms with Gasteiger partial charge in [0.15, 0.2) is 0 Å². The highest BCUT2D eigenvalue weighted by Crippen LogP contribution is 2.40. The molecular weight excluding hydrogens is 390 g/mol. The molecule has 6 nitrogen and oxygen atoms in total. The third-order valence-corrected chi connectivity index (χ3v) is 5.24. The Kier molecular flexibility index (Phi) is 5.71. The molecule has 1 aromatic heterocycles. The number of aromatic nitrogens is 2. The van der Waals surface area contributed by atoms with Crippen LogP contribution in [0, 0.1) is 0 Å². The highest BCUT2D eigenvalue weighted by atomic mass is 16.5. The zero-order chi connectivity index (χ0) is 21.7. The molecule has 4 rings (SSSR count). The number of anilines is 1. The van der Waals surface area contributed by atoms with Gasteiger partial charge in [-0.3, -0.25) is 0 Å². The summed E-state index contributed by atoms with van der Waals surface area (Å²) < 4.78 is 10.7. The number of hydrogen-bond acceptors (Lipinski definition) is 5. The molecule has 156 valence electrons. The lowest BCUT2D eigenvalue weighted by Crippen LogP contribution is -2.39. The van der Waals surface area contributed by atoms with Gasteiger partial charge < -0.3 is 19.8 Å². The van der Waals surface area contributed by atoms with Gasteiger partial charge in [-0.1, -0.05) is 54.6 Å². The molecule has 0 radical (unpaired) electrons. The number of benzene rings is 3. The number of H-pyrrole nitrogens is 1. The van der Waals surface area contributed by atoms with Crippen molar-refractivity contribution in [3.63, 3.8) is 0 Å². The van der Waals surface area contributed by atoms with Gasteiger partial charge in [-0.25, -0.2) is 4.79 Å². The Balaban J connectivity index is 1.99. The van der Waals surface area contributed by atoms with Gasteiger partial charge >= 0.3 is 5.69 Å². The fourth-order valence-electron chi connectivity index (χ4n) is 3.72. The second-order valence-corrected chi connectivity index (χ2v) is 6.98. The van der Waals surface area contributed by atoms with Crippen LogP contribution in [0.3, 0.4) is 0 Å². The van der Waals surface area contributed by atoms with E-state index in [1.165, 1.54) is 0 Å². The van der Waals surface area contributed by atoms with Crippen LogP contribution in [-0.2, 0) is 5.54 Å². The summed E-state index contributed by atoms with van der Waals surface area (Å²) in [5.41, 5.74) is 1.68. The van der Waals surface area contributed by atoms with Crippen molar-refractivity contribution in [3.05, 3.63) is 118 Å². The summed E-state index contributed by atoms with van der Waals surface area (Å²) in [7, 11) is 3.28. The van der Waals surface area contributed by atoms with Crippen LogP contribution in [0.15, 0.2) is 95.9 Å². The number of ether oxygens (including phenoxy) is 2. The number of nitrogens with zero attached hydrogens (tertiary/aromatic N) is 1. The van der Waals surface area contributed by atoms with Crippen molar-refractivity contribution >= 4 is 5.82 Å². The lowest BCUT2D eigenvalue weighted by Gasteiger charge is -2.37. The normalized spacial score (nSPS) is 11.0. The Hall–Kier alpha value is -4.06. The van der Waals surface area contributed by atoms with Crippen molar-refractivity contribution in [3.8, 4) is 11.5 Å². The minimum atomic E-state index is -0.819. The molecular formula is C25H23N3O3. The van der Waals surface area contributed by atoms with Crippen molar-refractivity contribution in [2.45, 2.75) is 5.54 Å². The van der Waals surface area contributed by atoms with Crippen molar-refractivity contribution < 1.29 is 9.47 Å². The third kappa shape index (κ3) is 4.00. The monoisotopic (exact) mass is 413 g/mol. The maximum atomic E-state index is 11.9. The summed E-state index contributed by atoms with van der Waals surface area (Å²) in [5, 5.41) is 3.54. The summed E-state index contributed by atoms with van der Waals surface area (Å²) >= 11 is 0. The number of hydrogen-bond donors (Lipinski definition) is 2. The van der Waals surface area contributed by atoms with E-state index in [0.29, 0.717) is 5.82 Å². The van der Waals surface area contributed by atoms with E-state index in [-0.39, 0.29) is 0 Å². The quantitative estimate of drug-likeness (QED) is 0.444. The van der Waals surface area contributed by atoms with Crippen LogP contribution < -0.4 is 20.5 Å². The van der Waals surface area contributed by atoms with Crippen molar-refractivity contribution in [2.75, 3.05) is 19.5 Å². The van der Waals surface area contributed by atoms with Gasteiger partial charge in [0, 0.05) is 6.20 Å². The first-order valence-corrected chi connectivity index (χ1v) is 9.84. The zero-order valence-corrected chi connectivity index (χ0v) is 17.3. The van der Waals surface area contributed by atoms with Gasteiger partial charge in [-0.2, -0.15) is 4.98 Å². The van der Waals surface area contributed by atoms with E-state index in [9.17, 15) is 4.79 Å². The number of rotatable bonds is 7. The van der Waals surface area contributed by atoms with E-state index in [1.807, 2.05) is 66.7 Å². The minimum absolute atomic E-state index is 0.420. The lowest BCUT2D eigenvalue weighted by atomic mass is 9.77. The molecule has 0 bridgehead atoms. The highest BCUT2D eigenvalue weighted by molar-refractivity contribution is 5.58. The van der Waals surface area contributed by atoms with E-state index in [2.05, 4.69) is 27.4 Å². The van der Waals surface area contributed by atoms with Gasteiger partial charge in [-0.05, 0) is 47.0 Å². The van der Waals surface area contributed by atoms with E-state index >= 15 is 0 Å². The smallest absolute Gasteiger partial charge is 0.346 e. The fourth-order valence-corrected chi connectivity index (χ4v) is 3.72. The average molecular weight is 413 g/mol. The number of nitrogens with one attached hydrogen (secondary N) is 2. The molecule has 0 spiro atoms. The molecule has 3 aromatic carbocycles. The molecule has 4 aromatic rings. The van der Waals surface area contributed by atoms with Crippen LogP contribution in [0.2, 0.25) is 0 Å². The molecule has 2 N–H and O–H groups in total. The van der Waals surface area contributed by atoms with E-state index in [4.69, 9.17) is 9.47 Å². The number of aromatic amines is 1. The van der Waals surface area contributed by atoms with Gasteiger partial charge in [0.2, 0.25) is 0 Å². The van der Waals surface area contributed by atoms with Gasteiger partial charge in [-0.15, -0.1) is 0 Å². The molecule has 0 aliphatic rings. The second kappa shape index (κ2) is 8.75. The Labute approximate surface area is 180 Å². The van der Waals surface area contributed by atoms with Crippen molar-refractivity contribution in [1.82, 2.24) is 9.97 Å². The summed E-state index contributed by atoms with van der Waals surface area (Å²) in [6.45, 7) is 0.